The molecule has 0 aliphatic rings. The predicted molar refractivity (Wildman–Crippen MR) is 90.8 cm³/mol. The second-order valence-electron chi connectivity index (χ2n) is 4.79. The number of hydrogen-bond donors (Lipinski definition) is 1. The van der Waals surface area contributed by atoms with Gasteiger partial charge in [-0.3, -0.25) is 9.59 Å². The van der Waals surface area contributed by atoms with Crippen molar-refractivity contribution in [2.24, 2.45) is 0 Å². The van der Waals surface area contributed by atoms with Gasteiger partial charge in [0.25, 0.3) is 5.91 Å². The number of nitrogens with one attached hydrogen (secondary N) is 1. The molecule has 0 fully saturated rings. The van der Waals surface area contributed by atoms with Crippen molar-refractivity contribution in [1.29, 1.82) is 0 Å². The van der Waals surface area contributed by atoms with Crippen molar-refractivity contribution in [1.82, 2.24) is 0 Å². The van der Waals surface area contributed by atoms with Crippen LogP contribution >= 0.6 is 23.2 Å². The first kappa shape index (κ1) is 17.3. The smallest absolute Gasteiger partial charge is 0.306 e. The Morgan fingerprint density at radius 1 is 0.957 bits per heavy atom. The number of para-hydroxylation sites is 1. The van der Waals surface area contributed by atoms with Crippen LogP contribution in [-0.2, 0) is 20.7 Å². The van der Waals surface area contributed by atoms with E-state index < -0.39 is 11.9 Å². The first-order valence-electron chi connectivity index (χ1n) is 6.99. The van der Waals surface area contributed by atoms with Crippen LogP contribution in [0.3, 0.4) is 0 Å². The molecule has 2 rings (SSSR count). The SMILES string of the molecule is O=C(COC(=O)CCc1ccccc1)Nc1c(Cl)cccc1Cl. The van der Waals surface area contributed by atoms with Crippen molar-refractivity contribution >= 4 is 40.8 Å². The summed E-state index contributed by atoms with van der Waals surface area (Å²) in [6, 6.07) is 14.5. The van der Waals surface area contributed by atoms with Gasteiger partial charge in [-0.2, -0.15) is 0 Å². The molecule has 2 aromatic rings. The molecule has 0 heterocycles. The van der Waals surface area contributed by atoms with E-state index in [1.165, 1.54) is 0 Å². The lowest BCUT2D eigenvalue weighted by atomic mass is 10.1. The summed E-state index contributed by atoms with van der Waals surface area (Å²) in [5.41, 5.74) is 1.35. The molecule has 6 heteroatoms. The zero-order valence-electron chi connectivity index (χ0n) is 12.2. The lowest BCUT2D eigenvalue weighted by Gasteiger charge is -2.09. The van der Waals surface area contributed by atoms with E-state index in [0.717, 1.165) is 5.56 Å². The zero-order chi connectivity index (χ0) is 16.7. The molecule has 0 aliphatic carbocycles. The largest absolute Gasteiger partial charge is 0.456 e. The van der Waals surface area contributed by atoms with Crippen LogP contribution in [0.1, 0.15) is 12.0 Å². The average molecular weight is 352 g/mol. The predicted octanol–water partition coefficient (Wildman–Crippen LogP) is 4.11. The van der Waals surface area contributed by atoms with Gasteiger partial charge >= 0.3 is 5.97 Å². The summed E-state index contributed by atoms with van der Waals surface area (Å²) in [5.74, 6) is -0.928. The Morgan fingerprint density at radius 3 is 2.26 bits per heavy atom. The van der Waals surface area contributed by atoms with Gasteiger partial charge in [-0.15, -0.1) is 0 Å². The molecule has 0 bridgehead atoms. The van der Waals surface area contributed by atoms with E-state index >= 15 is 0 Å². The first-order valence-corrected chi connectivity index (χ1v) is 7.75. The van der Waals surface area contributed by atoms with Crippen molar-refractivity contribution in [3.05, 3.63) is 64.1 Å². The third-order valence-corrected chi connectivity index (χ3v) is 3.68. The van der Waals surface area contributed by atoms with Gasteiger partial charge in [0.05, 0.1) is 15.7 Å². The third kappa shape index (κ3) is 5.58. The van der Waals surface area contributed by atoms with Crippen molar-refractivity contribution in [3.8, 4) is 0 Å². The summed E-state index contributed by atoms with van der Waals surface area (Å²) in [6.07, 6.45) is 0.780. The number of esters is 1. The molecule has 0 atom stereocenters. The van der Waals surface area contributed by atoms with Gasteiger partial charge in [0.2, 0.25) is 0 Å². The molecule has 1 amide bonds. The summed E-state index contributed by atoms with van der Waals surface area (Å²) in [6.45, 7) is -0.380. The Bertz CT molecular complexity index is 669. The van der Waals surface area contributed by atoms with Crippen LogP contribution < -0.4 is 5.32 Å². The molecule has 23 heavy (non-hydrogen) atoms. The molecule has 0 saturated carbocycles. The summed E-state index contributed by atoms with van der Waals surface area (Å²) in [7, 11) is 0. The van der Waals surface area contributed by atoms with E-state index in [1.807, 2.05) is 30.3 Å². The highest BCUT2D eigenvalue weighted by atomic mass is 35.5. The fourth-order valence-corrected chi connectivity index (χ4v) is 2.39. The van der Waals surface area contributed by atoms with Crippen LogP contribution in [0.15, 0.2) is 48.5 Å². The number of hydrogen-bond acceptors (Lipinski definition) is 3. The van der Waals surface area contributed by atoms with E-state index in [4.69, 9.17) is 27.9 Å². The van der Waals surface area contributed by atoms with Gasteiger partial charge in [-0.25, -0.2) is 0 Å². The fraction of sp³-hybridized carbons (Fsp3) is 0.176. The molecule has 120 valence electrons. The quantitative estimate of drug-likeness (QED) is 0.796. The van der Waals surface area contributed by atoms with Gasteiger partial charge in [-0.05, 0) is 24.1 Å². The Hall–Kier alpha value is -2.04. The Labute approximate surface area is 144 Å². The second kappa shape index (κ2) is 8.56. The van der Waals surface area contributed by atoms with Gasteiger partial charge in [0.15, 0.2) is 6.61 Å². The number of benzene rings is 2. The van der Waals surface area contributed by atoms with Gasteiger partial charge in [-0.1, -0.05) is 59.6 Å². The normalized spacial score (nSPS) is 10.2. The Balaban J connectivity index is 1.77. The number of anilines is 1. The highest BCUT2D eigenvalue weighted by Crippen LogP contribution is 2.29. The van der Waals surface area contributed by atoms with E-state index in [0.29, 0.717) is 22.2 Å². The van der Waals surface area contributed by atoms with Crippen molar-refractivity contribution in [2.75, 3.05) is 11.9 Å². The summed E-state index contributed by atoms with van der Waals surface area (Å²) < 4.78 is 4.94. The standard InChI is InChI=1S/C17H15Cl2NO3/c18-13-7-4-8-14(19)17(13)20-15(21)11-23-16(22)10-9-12-5-2-1-3-6-12/h1-8H,9-11H2,(H,20,21). The third-order valence-electron chi connectivity index (χ3n) is 3.05. The molecule has 0 aromatic heterocycles. The maximum Gasteiger partial charge on any atom is 0.306 e. The highest BCUT2D eigenvalue weighted by Gasteiger charge is 2.12. The lowest BCUT2D eigenvalue weighted by molar-refractivity contribution is -0.147. The minimum absolute atomic E-state index is 0.212. The molecule has 1 N–H and O–H groups in total. The average Bonchev–Trinajstić information content (AvgIpc) is 2.55. The van der Waals surface area contributed by atoms with Crippen molar-refractivity contribution < 1.29 is 14.3 Å². The Morgan fingerprint density at radius 2 is 1.61 bits per heavy atom. The monoisotopic (exact) mass is 351 g/mol. The summed E-state index contributed by atoms with van der Waals surface area (Å²) in [5, 5.41) is 3.17. The van der Waals surface area contributed by atoms with Gasteiger partial charge in [0, 0.05) is 6.42 Å². The zero-order valence-corrected chi connectivity index (χ0v) is 13.7. The van der Waals surface area contributed by atoms with Crippen LogP contribution in [0, 0.1) is 0 Å². The van der Waals surface area contributed by atoms with Crippen LogP contribution in [0.2, 0.25) is 10.0 Å². The molecule has 0 unspecified atom stereocenters. The molecule has 0 aliphatic heterocycles. The molecule has 0 spiro atoms. The molecule has 0 radical (unpaired) electrons. The minimum Gasteiger partial charge on any atom is -0.456 e. The topological polar surface area (TPSA) is 55.4 Å². The summed E-state index contributed by atoms with van der Waals surface area (Å²) in [4.78, 5) is 23.4. The highest BCUT2D eigenvalue weighted by molar-refractivity contribution is 6.39. The fourth-order valence-electron chi connectivity index (χ4n) is 1.90. The molecule has 0 saturated heterocycles. The van der Waals surface area contributed by atoms with E-state index in [2.05, 4.69) is 5.32 Å². The Kier molecular flexibility index (Phi) is 6.44. The van der Waals surface area contributed by atoms with Crippen LogP contribution in [0.4, 0.5) is 5.69 Å². The number of carbonyl (C=O) groups is 2. The number of carbonyl (C=O) groups excluding carboxylic acids is 2. The van der Waals surface area contributed by atoms with E-state index in [-0.39, 0.29) is 13.0 Å². The number of rotatable bonds is 6. The van der Waals surface area contributed by atoms with E-state index in [1.54, 1.807) is 18.2 Å². The maximum absolute atomic E-state index is 11.8. The maximum atomic E-state index is 11.8. The van der Waals surface area contributed by atoms with Gasteiger partial charge < -0.3 is 10.1 Å². The van der Waals surface area contributed by atoms with Crippen LogP contribution in [-0.4, -0.2) is 18.5 Å². The number of halogens is 2. The number of amides is 1. The van der Waals surface area contributed by atoms with Gasteiger partial charge in [0.1, 0.15) is 0 Å². The molecular formula is C17H15Cl2NO3. The molecule has 4 nitrogen and oxygen atoms in total. The molecule has 2 aromatic carbocycles. The lowest BCUT2D eigenvalue weighted by Crippen LogP contribution is -2.21. The van der Waals surface area contributed by atoms with Crippen molar-refractivity contribution in [3.63, 3.8) is 0 Å². The van der Waals surface area contributed by atoms with E-state index in [9.17, 15) is 9.59 Å². The first-order chi connectivity index (χ1) is 11.1. The van der Waals surface area contributed by atoms with Crippen molar-refractivity contribution in [2.45, 2.75) is 12.8 Å². The summed E-state index contributed by atoms with van der Waals surface area (Å²) >= 11 is 11.9. The number of aryl methyl sites for hydroxylation is 1. The number of ether oxygens (including phenoxy) is 1. The van der Waals surface area contributed by atoms with Crippen LogP contribution in [0.25, 0.3) is 0 Å². The molecular weight excluding hydrogens is 337 g/mol. The second-order valence-corrected chi connectivity index (χ2v) is 5.61. The minimum atomic E-state index is -0.493. The van der Waals surface area contributed by atoms with Crippen LogP contribution in [0.5, 0.6) is 0 Å².